The van der Waals surface area contributed by atoms with Crippen molar-refractivity contribution < 1.29 is 56.9 Å². The molecule has 0 aliphatic heterocycles. The van der Waals surface area contributed by atoms with E-state index in [4.69, 9.17) is 5.11 Å². The molecule has 0 aromatic carbocycles. The number of nitrogens with zero attached hydrogens (tertiary/aromatic N) is 1. The second-order valence-electron chi connectivity index (χ2n) is 2.51. The minimum atomic E-state index is -6.00. The van der Waals surface area contributed by atoms with Crippen LogP contribution in [-0.4, -0.2) is 90.3 Å². The van der Waals surface area contributed by atoms with Crippen molar-refractivity contribution in [3.8, 4) is 0 Å². The molecule has 0 atom stereocenters. The zero-order valence-electron chi connectivity index (χ0n) is 11.0. The van der Waals surface area contributed by atoms with Crippen LogP contribution >= 0.6 is 0 Å². The summed E-state index contributed by atoms with van der Waals surface area (Å²) in [6, 6.07) is 5.72. The van der Waals surface area contributed by atoms with Gasteiger partial charge in [-0.05, 0) is 12.1 Å². The van der Waals surface area contributed by atoms with E-state index in [1.807, 2.05) is 18.2 Å². The van der Waals surface area contributed by atoms with E-state index in [0.717, 1.165) is 7.11 Å². The van der Waals surface area contributed by atoms with Crippen LogP contribution < -0.4 is 0 Å². The quantitative estimate of drug-likeness (QED) is 0.518. The molecule has 0 fully saturated rings. The summed E-state index contributed by atoms with van der Waals surface area (Å²) in [4.78, 5) is 3.78. The van der Waals surface area contributed by atoms with E-state index in [0.29, 0.717) is 0 Å². The molecule has 0 aliphatic carbocycles. The zero-order valence-corrected chi connectivity index (χ0v) is 11.0. The van der Waals surface area contributed by atoms with Gasteiger partial charge in [-0.2, -0.15) is 0 Å². The van der Waals surface area contributed by atoms with Crippen molar-refractivity contribution in [2.75, 3.05) is 7.11 Å². The van der Waals surface area contributed by atoms with Gasteiger partial charge < -0.3 is 56.9 Å². The molecule has 1 aromatic rings. The number of hydrogen-bond donors (Lipinski definition) is 1. The predicted molar refractivity (Wildman–Crippen MR) is 70.1 cm³/mol. The smallest absolute Gasteiger partial charge is 0.0267 e. The molecule has 0 radical (unpaired) electrons. The van der Waals surface area contributed by atoms with E-state index in [9.17, 15) is 51.8 Å². The Morgan fingerprint density at radius 1 is 0.542 bits per heavy atom. The Morgan fingerprint density at radius 3 is 0.750 bits per heavy atom. The van der Waals surface area contributed by atoms with E-state index >= 15 is 0 Å². The maximum absolute atomic E-state index is 9.75. The van der Waals surface area contributed by atoms with Crippen LogP contribution in [-0.2, 0) is 0 Å². The molecule has 0 aliphatic rings. The van der Waals surface area contributed by atoms with Crippen molar-refractivity contribution in [3.63, 3.8) is 0 Å². The summed E-state index contributed by atoms with van der Waals surface area (Å²) in [5.41, 5.74) is 0. The minimum Gasteiger partial charge on any atom is -0.265 e. The van der Waals surface area contributed by atoms with Gasteiger partial charge >= 0.3 is 73.1 Å². The van der Waals surface area contributed by atoms with Gasteiger partial charge in [0.2, 0.25) is 0 Å². The van der Waals surface area contributed by atoms with Gasteiger partial charge in [-0.3, -0.25) is 4.98 Å². The topological polar surface area (TPSA) is 33.1 Å². The molecule has 0 saturated carbocycles. The maximum atomic E-state index is 9.75. The van der Waals surface area contributed by atoms with E-state index < -0.39 is 21.8 Å². The molecule has 0 spiro atoms. The summed E-state index contributed by atoms with van der Waals surface area (Å²) < 4.78 is 117. The minimum absolute atomic E-state index is 0. The first kappa shape index (κ1) is 35.3. The molecule has 0 unspecified atom stereocenters. The summed E-state index contributed by atoms with van der Waals surface area (Å²) in [6.07, 6.45) is 3.50. The van der Waals surface area contributed by atoms with E-state index in [1.54, 1.807) is 12.4 Å². The Hall–Kier alpha value is 0.101. The molecule has 18 heteroatoms. The van der Waals surface area contributed by atoms with Crippen molar-refractivity contribution in [2.45, 2.75) is 0 Å². The average Bonchev–Trinajstić information content (AvgIpc) is 2.27. The zero-order chi connectivity index (χ0) is 19.7. The maximum Gasteiger partial charge on any atom is 0.0267 e. The normalized spacial score (nSPS) is 9.75. The van der Waals surface area contributed by atoms with E-state index in [-0.39, 0.29) is 51.4 Å². The van der Waals surface area contributed by atoms with Crippen LogP contribution in [0.25, 0.3) is 0 Å². The third-order valence-electron chi connectivity index (χ3n) is 0.566. The average molecular weight is 412 g/mol. The molecule has 1 rings (SSSR count). The van der Waals surface area contributed by atoms with Gasteiger partial charge in [-0.1, -0.05) is 6.07 Å². The van der Waals surface area contributed by atoms with Crippen LogP contribution in [0.5, 0.6) is 0 Å². The van der Waals surface area contributed by atoms with Gasteiger partial charge in [0.1, 0.15) is 0 Å². The molecule has 2 nitrogen and oxygen atoms in total. The van der Waals surface area contributed by atoms with E-state index in [2.05, 4.69) is 4.98 Å². The Bertz CT molecular complexity index is 261. The number of aliphatic hydroxyl groups is 1. The second-order valence-corrected chi connectivity index (χ2v) is 2.51. The third-order valence-corrected chi connectivity index (χ3v) is 0.566. The van der Waals surface area contributed by atoms with Gasteiger partial charge in [-0.25, -0.2) is 0 Å². The fourth-order valence-corrected chi connectivity index (χ4v) is 0.313. The number of pyridine rings is 1. The molecule has 24 heavy (non-hydrogen) atoms. The first-order valence-corrected chi connectivity index (χ1v) is 4.92. The summed E-state index contributed by atoms with van der Waals surface area (Å²) in [5, 5.41) is 7.00. The Labute approximate surface area is 171 Å². The van der Waals surface area contributed by atoms with Crippen molar-refractivity contribution in [1.29, 1.82) is 0 Å². The standard InChI is InChI=1S/C5H5N.CH4O.3BF4.K.H/c1-2-4-6-5-3-1;1-2;3*2-1(3,4)5;;/h1-5H;2H,1H3;;;;;/q;;3*-1;;. The summed E-state index contributed by atoms with van der Waals surface area (Å²) >= 11 is 0. The fourth-order valence-electron chi connectivity index (χ4n) is 0.313. The third kappa shape index (κ3) is 264. The summed E-state index contributed by atoms with van der Waals surface area (Å²) in [5.74, 6) is 0. The molecule has 0 saturated heterocycles. The summed E-state index contributed by atoms with van der Waals surface area (Å²) in [7, 11) is -17.0. The summed E-state index contributed by atoms with van der Waals surface area (Å²) in [6.45, 7) is 0. The van der Waals surface area contributed by atoms with Crippen LogP contribution in [0.2, 0.25) is 0 Å². The first-order chi connectivity index (χ1) is 10.0. The van der Waals surface area contributed by atoms with Gasteiger partial charge in [0, 0.05) is 19.5 Å². The number of halogens is 12. The fraction of sp³-hybridized carbons (Fsp3) is 0.167. The van der Waals surface area contributed by atoms with Crippen molar-refractivity contribution in [3.05, 3.63) is 30.6 Å². The molecule has 1 heterocycles. The molecule has 1 aromatic heterocycles. The number of rotatable bonds is 0. The number of aromatic nitrogens is 1. The molecule has 1 N–H and O–H groups in total. The molecular formula is C6H10B3F12KNO-3. The van der Waals surface area contributed by atoms with Crippen LogP contribution in [0, 0.1) is 0 Å². The van der Waals surface area contributed by atoms with Crippen molar-refractivity contribution in [1.82, 2.24) is 4.98 Å². The van der Waals surface area contributed by atoms with Crippen LogP contribution in [0.1, 0.15) is 0 Å². The van der Waals surface area contributed by atoms with Crippen LogP contribution in [0.4, 0.5) is 51.8 Å². The van der Waals surface area contributed by atoms with Gasteiger partial charge in [0.25, 0.3) is 0 Å². The van der Waals surface area contributed by atoms with Gasteiger partial charge in [-0.15, -0.1) is 0 Å². The Morgan fingerprint density at radius 2 is 0.708 bits per heavy atom. The second kappa shape index (κ2) is 19.4. The van der Waals surface area contributed by atoms with E-state index in [1.165, 1.54) is 0 Å². The number of hydrogen-bond acceptors (Lipinski definition) is 2. The monoisotopic (exact) mass is 412 g/mol. The number of aliphatic hydroxyl groups excluding tert-OH is 1. The van der Waals surface area contributed by atoms with Crippen molar-refractivity contribution in [2.24, 2.45) is 0 Å². The SMILES string of the molecule is CO.F[B-](F)(F)F.F[B-](F)(F)F.F[B-](F)(F)F.[KH].c1ccncc1. The Kier molecular flexibility index (Phi) is 28.5. The molecule has 0 bridgehead atoms. The largest absolute Gasteiger partial charge is 0.265 e. The van der Waals surface area contributed by atoms with Crippen LogP contribution in [0.15, 0.2) is 30.6 Å². The van der Waals surface area contributed by atoms with Crippen molar-refractivity contribution >= 4 is 73.1 Å². The first-order valence-electron chi connectivity index (χ1n) is 4.92. The molecule has 142 valence electrons. The van der Waals surface area contributed by atoms with Crippen LogP contribution in [0.3, 0.4) is 0 Å². The predicted octanol–water partition coefficient (Wildman–Crippen LogP) is 3.94. The molecule has 0 amide bonds. The molecular weight excluding hydrogens is 402 g/mol. The van der Waals surface area contributed by atoms with Gasteiger partial charge in [0.05, 0.1) is 0 Å². The van der Waals surface area contributed by atoms with Gasteiger partial charge in [0.15, 0.2) is 0 Å². The Balaban J connectivity index is -0.0000000640.